The van der Waals surface area contributed by atoms with Gasteiger partial charge in [-0.1, -0.05) is 0 Å². The van der Waals surface area contributed by atoms with Crippen molar-refractivity contribution < 1.29 is 22.7 Å². The molecule has 1 saturated heterocycles. The topological polar surface area (TPSA) is 68.5 Å². The quantitative estimate of drug-likeness (QED) is 0.514. The minimum atomic E-state index is -2.70. The lowest BCUT2D eigenvalue weighted by atomic mass is 10.3. The highest BCUT2D eigenvalue weighted by atomic mass is 31.1. The molecule has 0 aromatic carbocycles. The lowest BCUT2D eigenvalue weighted by Gasteiger charge is -2.11. The number of nitrogens with zero attached hydrogens (tertiary/aromatic N) is 1. The molecule has 0 aromatic heterocycles. The van der Waals surface area contributed by atoms with E-state index in [1.807, 2.05) is 6.07 Å². The van der Waals surface area contributed by atoms with E-state index in [1.54, 1.807) is 0 Å². The second-order valence-corrected chi connectivity index (χ2v) is 3.74. The van der Waals surface area contributed by atoms with Crippen molar-refractivity contribution >= 4 is 8.25 Å². The summed E-state index contributed by atoms with van der Waals surface area (Å²) in [5.41, 5.74) is 0. The fraction of sp³-hybridized carbons (Fsp3) is 0.857. The molecule has 0 N–H and O–H groups in total. The van der Waals surface area contributed by atoms with Gasteiger partial charge in [-0.05, 0) is 0 Å². The van der Waals surface area contributed by atoms with E-state index in [0.29, 0.717) is 0 Å². The Hall–Kier alpha value is -0.470. The summed E-state index contributed by atoms with van der Waals surface area (Å²) in [6.07, 6.45) is -1.91. The molecular formula is C7H11FNO4P. The Morgan fingerprint density at radius 2 is 2.43 bits per heavy atom. The fourth-order valence-corrected chi connectivity index (χ4v) is 1.75. The Kier molecular flexibility index (Phi) is 5.05. The zero-order chi connectivity index (χ0) is 10.4. The third-order valence-electron chi connectivity index (χ3n) is 1.64. The van der Waals surface area contributed by atoms with Crippen molar-refractivity contribution in [2.45, 2.75) is 18.7 Å². The first-order valence-electron chi connectivity index (χ1n) is 4.16. The van der Waals surface area contributed by atoms with Gasteiger partial charge >= 0.3 is 8.25 Å². The number of alkyl halides is 1. The van der Waals surface area contributed by atoms with Gasteiger partial charge in [0, 0.05) is 0 Å². The molecule has 0 aromatic rings. The van der Waals surface area contributed by atoms with Crippen LogP contribution in [-0.2, 0) is 18.3 Å². The van der Waals surface area contributed by atoms with Crippen LogP contribution in [0.4, 0.5) is 4.39 Å². The average Bonchev–Trinajstić information content (AvgIpc) is 2.52. The molecule has 1 aliphatic heterocycles. The molecule has 1 rings (SSSR count). The first kappa shape index (κ1) is 11.6. The van der Waals surface area contributed by atoms with Crippen LogP contribution in [0.15, 0.2) is 0 Å². The summed E-state index contributed by atoms with van der Waals surface area (Å²) in [7, 11) is -2.70. The Balaban J connectivity index is 2.17. The van der Waals surface area contributed by atoms with Gasteiger partial charge in [0.2, 0.25) is 0 Å². The average molecular weight is 223 g/mol. The van der Waals surface area contributed by atoms with Crippen LogP contribution in [0, 0.1) is 11.3 Å². The van der Waals surface area contributed by atoms with Gasteiger partial charge in [-0.3, -0.25) is 4.57 Å². The summed E-state index contributed by atoms with van der Waals surface area (Å²) in [6, 6.07) is 1.82. The van der Waals surface area contributed by atoms with Crippen LogP contribution in [0.1, 0.15) is 6.42 Å². The molecular weight excluding hydrogens is 212 g/mol. The van der Waals surface area contributed by atoms with Gasteiger partial charge in [-0.15, -0.1) is 0 Å². The van der Waals surface area contributed by atoms with Crippen molar-refractivity contribution in [1.29, 1.82) is 5.26 Å². The molecule has 0 spiro atoms. The van der Waals surface area contributed by atoms with Gasteiger partial charge in [0.25, 0.3) is 0 Å². The second kappa shape index (κ2) is 6.10. The van der Waals surface area contributed by atoms with Gasteiger partial charge in [0.15, 0.2) is 6.17 Å². The SMILES string of the molecule is N#CCCO[PH](=O)OC1COCC1F. The number of halogens is 1. The van der Waals surface area contributed by atoms with E-state index < -0.39 is 20.5 Å². The highest BCUT2D eigenvalue weighted by Gasteiger charge is 2.30. The van der Waals surface area contributed by atoms with Crippen LogP contribution < -0.4 is 0 Å². The predicted molar refractivity (Wildman–Crippen MR) is 45.8 cm³/mol. The first-order valence-corrected chi connectivity index (χ1v) is 5.38. The van der Waals surface area contributed by atoms with Crippen molar-refractivity contribution in [3.63, 3.8) is 0 Å². The van der Waals surface area contributed by atoms with Crippen LogP contribution in [0.25, 0.3) is 0 Å². The van der Waals surface area contributed by atoms with Gasteiger partial charge < -0.3 is 13.8 Å². The van der Waals surface area contributed by atoms with Gasteiger partial charge in [-0.2, -0.15) is 5.26 Å². The van der Waals surface area contributed by atoms with E-state index in [9.17, 15) is 8.96 Å². The molecule has 1 heterocycles. The maximum absolute atomic E-state index is 12.9. The predicted octanol–water partition coefficient (Wildman–Crippen LogP) is 1.06. The first-order chi connectivity index (χ1) is 6.74. The summed E-state index contributed by atoms with van der Waals surface area (Å²) < 4.78 is 38.1. The summed E-state index contributed by atoms with van der Waals surface area (Å²) in [6.45, 7) is 0.107. The summed E-state index contributed by atoms with van der Waals surface area (Å²) in [4.78, 5) is 0. The minimum absolute atomic E-state index is 0.0298. The smallest absolute Gasteiger partial charge is 0.319 e. The molecule has 5 nitrogen and oxygen atoms in total. The van der Waals surface area contributed by atoms with Gasteiger partial charge in [0.1, 0.15) is 6.10 Å². The Bertz CT molecular complexity index is 244. The third-order valence-corrected chi connectivity index (χ3v) is 2.58. The monoisotopic (exact) mass is 223 g/mol. The number of hydrogen-bond acceptors (Lipinski definition) is 5. The molecule has 1 fully saturated rings. The number of ether oxygens (including phenoxy) is 1. The third kappa shape index (κ3) is 3.72. The molecule has 80 valence electrons. The van der Waals surface area contributed by atoms with Crippen LogP contribution in [0.5, 0.6) is 0 Å². The molecule has 0 radical (unpaired) electrons. The van der Waals surface area contributed by atoms with E-state index >= 15 is 0 Å². The van der Waals surface area contributed by atoms with Crippen molar-refractivity contribution in [1.82, 2.24) is 0 Å². The molecule has 7 heteroatoms. The lowest BCUT2D eigenvalue weighted by molar-refractivity contribution is 0.112. The van der Waals surface area contributed by atoms with Gasteiger partial charge in [0.05, 0.1) is 32.3 Å². The summed E-state index contributed by atoms with van der Waals surface area (Å²) in [5, 5.41) is 8.16. The highest BCUT2D eigenvalue weighted by molar-refractivity contribution is 7.33. The lowest BCUT2D eigenvalue weighted by Crippen LogP contribution is -2.20. The second-order valence-electron chi connectivity index (χ2n) is 2.72. The number of hydrogen-bond donors (Lipinski definition) is 0. The summed E-state index contributed by atoms with van der Waals surface area (Å²) in [5.74, 6) is 0. The van der Waals surface area contributed by atoms with E-state index in [4.69, 9.17) is 14.5 Å². The van der Waals surface area contributed by atoms with Crippen LogP contribution in [0.2, 0.25) is 0 Å². The molecule has 1 aliphatic rings. The van der Waals surface area contributed by atoms with Crippen molar-refractivity contribution in [2.24, 2.45) is 0 Å². The molecule has 0 aliphatic carbocycles. The number of rotatable bonds is 5. The standard InChI is InChI=1S/C7H11FNO4P/c8-6-4-11-5-7(6)13-14(10)12-3-1-2-9/h6-7,14H,1,3-5H2. The Morgan fingerprint density at radius 3 is 3.00 bits per heavy atom. The van der Waals surface area contributed by atoms with Gasteiger partial charge in [-0.25, -0.2) is 4.39 Å². The van der Waals surface area contributed by atoms with Crippen molar-refractivity contribution in [2.75, 3.05) is 19.8 Å². The molecule has 3 atom stereocenters. The molecule has 3 unspecified atom stereocenters. The minimum Gasteiger partial charge on any atom is -0.375 e. The molecule has 0 bridgehead atoms. The summed E-state index contributed by atoms with van der Waals surface area (Å²) >= 11 is 0. The molecule has 14 heavy (non-hydrogen) atoms. The zero-order valence-corrected chi connectivity index (χ0v) is 8.44. The van der Waals surface area contributed by atoms with Crippen LogP contribution in [0.3, 0.4) is 0 Å². The van der Waals surface area contributed by atoms with E-state index in [0.717, 1.165) is 0 Å². The zero-order valence-electron chi connectivity index (χ0n) is 7.44. The Morgan fingerprint density at radius 1 is 1.64 bits per heavy atom. The van der Waals surface area contributed by atoms with E-state index in [2.05, 4.69) is 4.52 Å². The Labute approximate surface area is 81.7 Å². The largest absolute Gasteiger partial charge is 0.375 e. The van der Waals surface area contributed by atoms with Crippen molar-refractivity contribution in [3.8, 4) is 6.07 Å². The maximum Gasteiger partial charge on any atom is 0.319 e. The van der Waals surface area contributed by atoms with Crippen LogP contribution >= 0.6 is 8.25 Å². The molecule has 0 saturated carbocycles. The highest BCUT2D eigenvalue weighted by Crippen LogP contribution is 2.29. The maximum atomic E-state index is 12.9. The van der Waals surface area contributed by atoms with Crippen molar-refractivity contribution in [3.05, 3.63) is 0 Å². The van der Waals surface area contributed by atoms with E-state index in [1.165, 1.54) is 0 Å². The molecule has 0 amide bonds. The van der Waals surface area contributed by atoms with E-state index in [-0.39, 0.29) is 26.2 Å². The fourth-order valence-electron chi connectivity index (χ4n) is 0.954. The van der Waals surface area contributed by atoms with Crippen LogP contribution in [-0.4, -0.2) is 32.1 Å². The number of nitriles is 1. The normalized spacial score (nSPS) is 28.6.